The van der Waals surface area contributed by atoms with Gasteiger partial charge in [-0.3, -0.25) is 0 Å². The van der Waals surface area contributed by atoms with E-state index in [1.165, 1.54) is 5.56 Å². The van der Waals surface area contributed by atoms with E-state index >= 15 is 0 Å². The van der Waals surface area contributed by atoms with E-state index < -0.39 is 6.10 Å². The largest absolute Gasteiger partial charge is 0.387 e. The highest BCUT2D eigenvalue weighted by Gasteiger charge is 2.23. The molecule has 2 atom stereocenters. The Morgan fingerprint density at radius 1 is 1.15 bits per heavy atom. The van der Waals surface area contributed by atoms with Crippen LogP contribution in [0.2, 0.25) is 0 Å². The first kappa shape index (κ1) is 16.9. The molecule has 0 amide bonds. The Morgan fingerprint density at radius 2 is 1.75 bits per heavy atom. The van der Waals surface area contributed by atoms with E-state index in [1.54, 1.807) is 0 Å². The maximum Gasteiger partial charge on any atom is 0.0945 e. The molecule has 112 valence electrons. The van der Waals surface area contributed by atoms with E-state index in [1.807, 2.05) is 18.2 Å². The molecule has 1 aromatic carbocycles. The van der Waals surface area contributed by atoms with Crippen LogP contribution in [0.3, 0.4) is 0 Å². The number of aliphatic hydroxyl groups excluding tert-OH is 1. The first-order chi connectivity index (χ1) is 9.45. The van der Waals surface area contributed by atoms with Gasteiger partial charge < -0.3 is 10.4 Å². The topological polar surface area (TPSA) is 32.3 Å². The smallest absolute Gasteiger partial charge is 0.0945 e. The van der Waals surface area contributed by atoms with Crippen molar-refractivity contribution in [3.63, 3.8) is 0 Å². The van der Waals surface area contributed by atoms with Crippen molar-refractivity contribution in [3.05, 3.63) is 48.0 Å². The van der Waals surface area contributed by atoms with Gasteiger partial charge in [-0.05, 0) is 29.4 Å². The lowest BCUT2D eigenvalue weighted by Gasteiger charge is -2.27. The number of aliphatic hydroxyl groups is 1. The van der Waals surface area contributed by atoms with Crippen molar-refractivity contribution in [2.75, 3.05) is 6.54 Å². The van der Waals surface area contributed by atoms with Crippen molar-refractivity contribution in [1.82, 2.24) is 5.32 Å². The second-order valence-corrected chi connectivity index (χ2v) is 6.25. The molecule has 1 rings (SSSR count). The maximum atomic E-state index is 10.6. The summed E-state index contributed by atoms with van der Waals surface area (Å²) >= 11 is 0. The lowest BCUT2D eigenvalue weighted by molar-refractivity contribution is 0.107. The van der Waals surface area contributed by atoms with Gasteiger partial charge in [0.25, 0.3) is 0 Å². The fraction of sp³-hybridized carbons (Fsp3) is 0.556. The van der Waals surface area contributed by atoms with E-state index in [2.05, 4.69) is 51.7 Å². The molecule has 0 heterocycles. The highest BCUT2D eigenvalue weighted by molar-refractivity contribution is 5.25. The van der Waals surface area contributed by atoms with Gasteiger partial charge in [-0.15, -0.1) is 6.58 Å². The minimum atomic E-state index is -0.483. The van der Waals surface area contributed by atoms with E-state index in [9.17, 15) is 5.11 Å². The van der Waals surface area contributed by atoms with Crippen molar-refractivity contribution in [2.45, 2.75) is 46.3 Å². The third kappa shape index (κ3) is 5.10. The average Bonchev–Trinajstić information content (AvgIpc) is 2.38. The van der Waals surface area contributed by atoms with Gasteiger partial charge in [0.05, 0.1) is 6.10 Å². The van der Waals surface area contributed by atoms with Gasteiger partial charge in [0.1, 0.15) is 0 Å². The average molecular weight is 275 g/mol. The summed E-state index contributed by atoms with van der Waals surface area (Å²) in [6.45, 7) is 13.1. The van der Waals surface area contributed by atoms with Gasteiger partial charge >= 0.3 is 0 Å². The van der Waals surface area contributed by atoms with Crippen molar-refractivity contribution in [3.8, 4) is 0 Å². The van der Waals surface area contributed by atoms with Gasteiger partial charge in [-0.2, -0.15) is 0 Å². The molecular weight excluding hydrogens is 246 g/mol. The molecule has 0 bridgehead atoms. The summed E-state index contributed by atoms with van der Waals surface area (Å²) in [5.41, 5.74) is 2.31. The number of rotatable bonds is 8. The first-order valence-corrected chi connectivity index (χ1v) is 7.56. The molecule has 0 saturated heterocycles. The van der Waals surface area contributed by atoms with Crippen LogP contribution in [-0.4, -0.2) is 17.7 Å². The van der Waals surface area contributed by atoms with Crippen molar-refractivity contribution < 1.29 is 5.11 Å². The fourth-order valence-corrected chi connectivity index (χ4v) is 2.46. The van der Waals surface area contributed by atoms with Crippen LogP contribution in [0.5, 0.6) is 0 Å². The second kappa shape index (κ2) is 8.23. The lowest BCUT2D eigenvalue weighted by atomic mass is 9.92. The minimum Gasteiger partial charge on any atom is -0.387 e. The highest BCUT2D eigenvalue weighted by atomic mass is 16.3. The Bertz CT molecular complexity index is 394. The van der Waals surface area contributed by atoms with Gasteiger partial charge in [-0.25, -0.2) is 0 Å². The molecule has 0 aliphatic heterocycles. The molecule has 2 heteroatoms. The normalized spacial score (nSPS) is 14.6. The summed E-state index contributed by atoms with van der Waals surface area (Å²) < 4.78 is 0. The van der Waals surface area contributed by atoms with Crippen LogP contribution in [0.4, 0.5) is 0 Å². The molecule has 2 N–H and O–H groups in total. The number of nitrogens with one attached hydrogen (secondary N) is 1. The van der Waals surface area contributed by atoms with Crippen molar-refractivity contribution >= 4 is 0 Å². The Morgan fingerprint density at radius 3 is 2.20 bits per heavy atom. The standard InChI is InChI=1S/C18H29NO/c1-6-11-19-17(14(4)5)18(20)16-9-7-15(8-10-16)12-13(2)3/h6-10,13-14,17-20H,1,11-12H2,2-5H3. The van der Waals surface area contributed by atoms with Gasteiger partial charge in [-0.1, -0.05) is 58.0 Å². The van der Waals surface area contributed by atoms with Crippen LogP contribution in [0.15, 0.2) is 36.9 Å². The third-order valence-electron chi connectivity index (χ3n) is 3.52. The number of benzene rings is 1. The van der Waals surface area contributed by atoms with Crippen LogP contribution >= 0.6 is 0 Å². The summed E-state index contributed by atoms with van der Waals surface area (Å²) in [7, 11) is 0. The van der Waals surface area contributed by atoms with E-state index in [4.69, 9.17) is 0 Å². The second-order valence-electron chi connectivity index (χ2n) is 6.25. The predicted octanol–water partition coefficient (Wildman–Crippen LogP) is 3.72. The predicted molar refractivity (Wildman–Crippen MR) is 86.8 cm³/mol. The molecule has 0 spiro atoms. The Labute approximate surface area is 123 Å². The zero-order valence-electron chi connectivity index (χ0n) is 13.3. The Hall–Kier alpha value is -1.12. The molecule has 0 aliphatic rings. The van der Waals surface area contributed by atoms with Gasteiger partial charge in [0, 0.05) is 12.6 Å². The summed E-state index contributed by atoms with van der Waals surface area (Å²) in [6, 6.07) is 8.40. The monoisotopic (exact) mass is 275 g/mol. The van der Waals surface area contributed by atoms with Crippen LogP contribution in [0, 0.1) is 11.8 Å². The molecular formula is C18H29NO. The molecule has 0 aromatic heterocycles. The molecule has 1 aromatic rings. The molecule has 0 aliphatic carbocycles. The van der Waals surface area contributed by atoms with Crippen LogP contribution in [-0.2, 0) is 6.42 Å². The summed E-state index contributed by atoms with van der Waals surface area (Å²) in [5.74, 6) is 1.02. The SMILES string of the molecule is C=CCNC(C(C)C)C(O)c1ccc(CC(C)C)cc1. The van der Waals surface area contributed by atoms with Crippen LogP contribution in [0.25, 0.3) is 0 Å². The molecule has 0 saturated carbocycles. The quantitative estimate of drug-likeness (QED) is 0.709. The van der Waals surface area contributed by atoms with Gasteiger partial charge in [0.2, 0.25) is 0 Å². The molecule has 0 fully saturated rings. The number of hydrogen-bond donors (Lipinski definition) is 2. The first-order valence-electron chi connectivity index (χ1n) is 7.56. The Kier molecular flexibility index (Phi) is 6.97. The van der Waals surface area contributed by atoms with Crippen LogP contribution in [0.1, 0.15) is 44.9 Å². The zero-order chi connectivity index (χ0) is 15.1. The Balaban J connectivity index is 2.78. The van der Waals surface area contributed by atoms with Crippen LogP contribution < -0.4 is 5.32 Å². The summed E-state index contributed by atoms with van der Waals surface area (Å²) in [6.07, 6.45) is 2.43. The molecule has 2 unspecified atom stereocenters. The fourth-order valence-electron chi connectivity index (χ4n) is 2.46. The lowest BCUT2D eigenvalue weighted by Crippen LogP contribution is -2.39. The third-order valence-corrected chi connectivity index (χ3v) is 3.52. The summed E-state index contributed by atoms with van der Waals surface area (Å²) in [5, 5.41) is 13.9. The zero-order valence-corrected chi connectivity index (χ0v) is 13.3. The van der Waals surface area contributed by atoms with E-state index in [-0.39, 0.29) is 6.04 Å². The van der Waals surface area contributed by atoms with Crippen molar-refractivity contribution in [2.24, 2.45) is 11.8 Å². The summed E-state index contributed by atoms with van der Waals surface area (Å²) in [4.78, 5) is 0. The molecule has 2 nitrogen and oxygen atoms in total. The molecule has 20 heavy (non-hydrogen) atoms. The maximum absolute atomic E-state index is 10.6. The van der Waals surface area contributed by atoms with Crippen molar-refractivity contribution in [1.29, 1.82) is 0 Å². The highest BCUT2D eigenvalue weighted by Crippen LogP contribution is 2.23. The molecule has 0 radical (unpaired) electrons. The van der Waals surface area contributed by atoms with E-state index in [0.717, 1.165) is 12.0 Å². The minimum absolute atomic E-state index is 0.0453. The number of hydrogen-bond acceptors (Lipinski definition) is 2. The van der Waals surface area contributed by atoms with Gasteiger partial charge in [0.15, 0.2) is 0 Å². The van der Waals surface area contributed by atoms with E-state index in [0.29, 0.717) is 18.4 Å².